The van der Waals surface area contributed by atoms with E-state index in [-0.39, 0.29) is 0 Å². The van der Waals surface area contributed by atoms with Crippen LogP contribution in [-0.2, 0) is 13.0 Å². The second kappa shape index (κ2) is 4.05. The van der Waals surface area contributed by atoms with Crippen LogP contribution in [0.25, 0.3) is 11.5 Å². The third-order valence-electron chi connectivity index (χ3n) is 3.49. The molecule has 4 rings (SSSR count). The first-order chi connectivity index (χ1) is 9.40. The monoisotopic (exact) mass is 251 g/mol. The highest BCUT2D eigenvalue weighted by Gasteiger charge is 2.25. The van der Waals surface area contributed by atoms with E-state index in [9.17, 15) is 0 Å². The number of fused-ring (bicyclic) bond motifs is 3. The van der Waals surface area contributed by atoms with Crippen LogP contribution < -0.4 is 5.32 Å². The van der Waals surface area contributed by atoms with Crippen molar-refractivity contribution >= 4 is 5.82 Å². The maximum absolute atomic E-state index is 4.30. The summed E-state index contributed by atoms with van der Waals surface area (Å²) in [5, 5.41) is 3.53. The van der Waals surface area contributed by atoms with E-state index in [4.69, 9.17) is 0 Å². The normalized spacial score (nSPS) is 17.4. The summed E-state index contributed by atoms with van der Waals surface area (Å²) in [6.45, 7) is 0.917. The molecule has 5 nitrogen and oxygen atoms in total. The molecule has 94 valence electrons. The van der Waals surface area contributed by atoms with Gasteiger partial charge >= 0.3 is 0 Å². The Kier molecular flexibility index (Phi) is 2.24. The van der Waals surface area contributed by atoms with Crippen LogP contribution in [0.2, 0.25) is 0 Å². The van der Waals surface area contributed by atoms with E-state index < -0.39 is 0 Å². The van der Waals surface area contributed by atoms with Gasteiger partial charge in [-0.1, -0.05) is 30.3 Å². The molecule has 0 saturated heterocycles. The van der Waals surface area contributed by atoms with Crippen LogP contribution in [0.4, 0.5) is 5.82 Å². The molecule has 1 N–H and O–H groups in total. The summed E-state index contributed by atoms with van der Waals surface area (Å²) < 4.78 is 2.12. The van der Waals surface area contributed by atoms with Crippen molar-refractivity contribution in [2.75, 3.05) is 5.32 Å². The highest BCUT2D eigenvalue weighted by atomic mass is 15.2. The standard InChI is InChI=1S/C14H13N5/c1-2-4-10(5-3-1)6-11-7-19-9-17-13-12(14(19)18-11)15-8-16-13/h1-5,8-9,11,18H,6-7H2/t11-/m0/s1. The maximum atomic E-state index is 4.30. The van der Waals surface area contributed by atoms with Crippen LogP contribution in [0, 0.1) is 0 Å². The van der Waals surface area contributed by atoms with E-state index in [1.54, 1.807) is 6.33 Å². The second-order valence-electron chi connectivity index (χ2n) is 4.82. The number of aromatic nitrogens is 4. The van der Waals surface area contributed by atoms with Crippen molar-refractivity contribution in [3.8, 4) is 11.5 Å². The Hall–Kier alpha value is -2.43. The summed E-state index contributed by atoms with van der Waals surface area (Å²) in [6, 6.07) is 10.9. The minimum atomic E-state index is 0.381. The van der Waals surface area contributed by atoms with E-state index in [2.05, 4.69) is 49.1 Å². The van der Waals surface area contributed by atoms with E-state index in [1.807, 2.05) is 12.4 Å². The number of anilines is 1. The lowest BCUT2D eigenvalue weighted by Gasteiger charge is -2.09. The average Bonchev–Trinajstić information content (AvgIpc) is 3.04. The lowest BCUT2D eigenvalue weighted by molar-refractivity contribution is 0.637. The molecule has 3 aliphatic rings. The molecular formula is C14H13N5. The molecule has 0 bridgehead atoms. The first kappa shape index (κ1) is 10.5. The largest absolute Gasteiger partial charge is 0.365 e. The van der Waals surface area contributed by atoms with Gasteiger partial charge in [0.1, 0.15) is 17.8 Å². The van der Waals surface area contributed by atoms with Gasteiger partial charge in [0.25, 0.3) is 0 Å². The summed E-state index contributed by atoms with van der Waals surface area (Å²) in [5.41, 5.74) is 2.20. The fourth-order valence-corrected chi connectivity index (χ4v) is 2.62. The molecule has 0 radical (unpaired) electrons. The third kappa shape index (κ3) is 1.74. The molecule has 0 aliphatic carbocycles. The quantitative estimate of drug-likeness (QED) is 0.754. The summed E-state index contributed by atoms with van der Waals surface area (Å²) in [6.07, 6.45) is 4.40. The summed E-state index contributed by atoms with van der Waals surface area (Å²) in [4.78, 5) is 12.7. The molecule has 0 fully saturated rings. The van der Waals surface area contributed by atoms with Crippen LogP contribution in [0.15, 0.2) is 43.0 Å². The molecule has 1 aromatic carbocycles. The smallest absolute Gasteiger partial charge is 0.184 e. The van der Waals surface area contributed by atoms with Gasteiger partial charge in [0.2, 0.25) is 0 Å². The summed E-state index contributed by atoms with van der Waals surface area (Å²) >= 11 is 0. The molecule has 5 heteroatoms. The fourth-order valence-electron chi connectivity index (χ4n) is 2.62. The zero-order valence-electron chi connectivity index (χ0n) is 10.3. The van der Waals surface area contributed by atoms with Gasteiger partial charge in [-0.3, -0.25) is 0 Å². The van der Waals surface area contributed by atoms with Crippen molar-refractivity contribution < 1.29 is 0 Å². The van der Waals surface area contributed by atoms with Gasteiger partial charge in [-0.25, -0.2) is 15.0 Å². The zero-order valence-corrected chi connectivity index (χ0v) is 10.3. The molecule has 3 aliphatic heterocycles. The van der Waals surface area contributed by atoms with Crippen LogP contribution in [0.1, 0.15) is 5.56 Å². The van der Waals surface area contributed by atoms with Crippen molar-refractivity contribution in [2.24, 2.45) is 0 Å². The van der Waals surface area contributed by atoms with Crippen molar-refractivity contribution in [2.45, 2.75) is 19.0 Å². The number of hydrogen-bond acceptors (Lipinski definition) is 4. The minimum absolute atomic E-state index is 0.381. The number of rotatable bonds is 2. The minimum Gasteiger partial charge on any atom is -0.365 e. The number of benzene rings is 1. The van der Waals surface area contributed by atoms with Crippen LogP contribution >= 0.6 is 0 Å². The second-order valence-corrected chi connectivity index (χ2v) is 4.82. The third-order valence-corrected chi connectivity index (χ3v) is 3.49. The van der Waals surface area contributed by atoms with Crippen molar-refractivity contribution in [3.05, 3.63) is 48.5 Å². The maximum Gasteiger partial charge on any atom is 0.184 e. The van der Waals surface area contributed by atoms with Gasteiger partial charge in [0, 0.05) is 12.6 Å². The number of nitrogens with one attached hydrogen (secondary N) is 1. The highest BCUT2D eigenvalue weighted by molar-refractivity contribution is 5.68. The van der Waals surface area contributed by atoms with Gasteiger partial charge in [-0.2, -0.15) is 0 Å². The Morgan fingerprint density at radius 1 is 1.16 bits per heavy atom. The van der Waals surface area contributed by atoms with E-state index in [0.29, 0.717) is 11.9 Å². The summed E-state index contributed by atoms with van der Waals surface area (Å²) in [7, 11) is 0. The van der Waals surface area contributed by atoms with Crippen molar-refractivity contribution in [1.82, 2.24) is 19.5 Å². The van der Waals surface area contributed by atoms with Gasteiger partial charge < -0.3 is 9.88 Å². The zero-order chi connectivity index (χ0) is 12.7. The number of imidazole rings is 1. The Labute approximate surface area is 110 Å². The predicted octanol–water partition coefficient (Wildman–Crippen LogP) is 1.81. The van der Waals surface area contributed by atoms with Crippen molar-refractivity contribution in [3.63, 3.8) is 0 Å². The van der Waals surface area contributed by atoms with Crippen LogP contribution in [0.5, 0.6) is 0 Å². The Bertz CT molecular complexity index is 676. The highest BCUT2D eigenvalue weighted by Crippen LogP contribution is 2.29. The molecule has 0 saturated carbocycles. The van der Waals surface area contributed by atoms with Gasteiger partial charge in [-0.15, -0.1) is 0 Å². The number of nitrogens with zero attached hydrogens (tertiary/aromatic N) is 4. The molecule has 0 aromatic heterocycles. The topological polar surface area (TPSA) is 55.6 Å². The van der Waals surface area contributed by atoms with Gasteiger partial charge in [-0.05, 0) is 12.0 Å². The Morgan fingerprint density at radius 2 is 2.05 bits per heavy atom. The molecule has 3 heterocycles. The first-order valence-electron chi connectivity index (χ1n) is 6.36. The molecule has 1 atom stereocenters. The Morgan fingerprint density at radius 3 is 2.95 bits per heavy atom. The van der Waals surface area contributed by atoms with Gasteiger partial charge in [0.05, 0.1) is 6.33 Å². The fraction of sp³-hybridized carbons (Fsp3) is 0.214. The Balaban J connectivity index is 1.61. The SMILES string of the molecule is c1ccc(C[C@H]2Cn3cnc4ncnc-4c3N2)cc1. The number of hydrogen-bond donors (Lipinski definition) is 1. The van der Waals surface area contributed by atoms with Crippen LogP contribution in [0.3, 0.4) is 0 Å². The predicted molar refractivity (Wildman–Crippen MR) is 72.0 cm³/mol. The van der Waals surface area contributed by atoms with Crippen LogP contribution in [-0.4, -0.2) is 25.6 Å². The molecule has 1 aromatic rings. The van der Waals surface area contributed by atoms with E-state index in [0.717, 1.165) is 24.5 Å². The van der Waals surface area contributed by atoms with E-state index >= 15 is 0 Å². The molecule has 0 spiro atoms. The summed E-state index contributed by atoms with van der Waals surface area (Å²) in [5.74, 6) is 1.74. The molecule has 19 heavy (non-hydrogen) atoms. The van der Waals surface area contributed by atoms with E-state index in [1.165, 1.54) is 5.56 Å². The molecule has 0 amide bonds. The lowest BCUT2D eigenvalue weighted by Crippen LogP contribution is -2.19. The molecular weight excluding hydrogens is 238 g/mol. The first-order valence-corrected chi connectivity index (χ1v) is 6.36. The molecule has 0 unspecified atom stereocenters. The average molecular weight is 251 g/mol. The van der Waals surface area contributed by atoms with Gasteiger partial charge in [0.15, 0.2) is 5.82 Å². The lowest BCUT2D eigenvalue weighted by atomic mass is 10.1. The van der Waals surface area contributed by atoms with Crippen molar-refractivity contribution in [1.29, 1.82) is 0 Å².